The van der Waals surface area contributed by atoms with Crippen molar-refractivity contribution in [3.05, 3.63) is 65.2 Å². The van der Waals surface area contributed by atoms with Crippen LogP contribution in [0.25, 0.3) is 27.9 Å². The molecule has 156 valence electrons. The number of nitrogens with one attached hydrogen (secondary N) is 1. The molecule has 1 aliphatic heterocycles. The molecule has 1 aliphatic carbocycles. The molecule has 1 amide bonds. The summed E-state index contributed by atoms with van der Waals surface area (Å²) in [4.78, 5) is 31.1. The summed E-state index contributed by atoms with van der Waals surface area (Å²) in [5, 5.41) is 6.90. The minimum absolute atomic E-state index is 0.0518. The highest BCUT2D eigenvalue weighted by Gasteiger charge is 2.38. The number of H-pyrrole nitrogens is 1. The number of carbonyl (C=O) groups is 1. The van der Waals surface area contributed by atoms with E-state index in [1.54, 1.807) is 4.57 Å². The second-order valence-electron chi connectivity index (χ2n) is 8.35. The van der Waals surface area contributed by atoms with Crippen LogP contribution in [0.5, 0.6) is 0 Å². The average molecular weight is 415 g/mol. The maximum absolute atomic E-state index is 12.5. The predicted octanol–water partition coefficient (Wildman–Crippen LogP) is 3.09. The molecular weight excluding hydrogens is 394 g/mol. The molecule has 0 bridgehead atoms. The molecule has 1 saturated heterocycles. The Morgan fingerprint density at radius 1 is 1.06 bits per heavy atom. The lowest BCUT2D eigenvalue weighted by Crippen LogP contribution is -2.30. The van der Waals surface area contributed by atoms with E-state index in [0.717, 1.165) is 53.7 Å². The maximum atomic E-state index is 12.5. The highest BCUT2D eigenvalue weighted by Crippen LogP contribution is 2.35. The van der Waals surface area contributed by atoms with Gasteiger partial charge in [-0.3, -0.25) is 4.79 Å². The number of aromatic nitrogens is 4. The summed E-state index contributed by atoms with van der Waals surface area (Å²) in [6.07, 6.45) is 4.26. The molecule has 0 radical (unpaired) electrons. The predicted molar refractivity (Wildman–Crippen MR) is 114 cm³/mol. The van der Waals surface area contributed by atoms with Gasteiger partial charge in [-0.2, -0.15) is 5.10 Å². The topological polar surface area (TPSA) is 97.0 Å². The van der Waals surface area contributed by atoms with Gasteiger partial charge >= 0.3 is 5.69 Å². The molecule has 0 spiro atoms. The Bertz CT molecular complexity index is 1330. The molecule has 4 aromatic rings. The Morgan fingerprint density at radius 3 is 2.68 bits per heavy atom. The van der Waals surface area contributed by atoms with Gasteiger partial charge in [-0.1, -0.05) is 18.2 Å². The number of nitrogens with zero attached hydrogens (tertiary/aromatic N) is 4. The number of amides is 1. The van der Waals surface area contributed by atoms with Crippen LogP contribution >= 0.6 is 0 Å². The molecule has 1 saturated carbocycles. The summed E-state index contributed by atoms with van der Waals surface area (Å²) < 4.78 is 6.93. The zero-order valence-electron chi connectivity index (χ0n) is 16.8. The smallest absolute Gasteiger partial charge is 0.347 e. The largest absolute Gasteiger partial charge is 0.443 e. The summed E-state index contributed by atoms with van der Waals surface area (Å²) >= 11 is 0. The lowest BCUT2D eigenvalue weighted by molar-refractivity contribution is -0.131. The van der Waals surface area contributed by atoms with E-state index in [4.69, 9.17) is 4.42 Å². The fourth-order valence-electron chi connectivity index (χ4n) is 4.43. The van der Waals surface area contributed by atoms with Gasteiger partial charge in [0.15, 0.2) is 12.0 Å². The number of hydrogen-bond donors (Lipinski definition) is 1. The number of aromatic amines is 1. The van der Waals surface area contributed by atoms with Gasteiger partial charge < -0.3 is 9.32 Å². The van der Waals surface area contributed by atoms with Gasteiger partial charge in [0.25, 0.3) is 0 Å². The molecule has 3 heterocycles. The van der Waals surface area contributed by atoms with Crippen LogP contribution in [-0.2, 0) is 4.79 Å². The maximum Gasteiger partial charge on any atom is 0.347 e. The first-order valence-corrected chi connectivity index (χ1v) is 10.6. The monoisotopic (exact) mass is 415 g/mol. The molecule has 1 N–H and O–H groups in total. The third kappa shape index (κ3) is 3.15. The highest BCUT2D eigenvalue weighted by atomic mass is 16.3. The summed E-state index contributed by atoms with van der Waals surface area (Å²) in [6, 6.07) is 13.7. The van der Waals surface area contributed by atoms with Crippen LogP contribution < -0.4 is 5.69 Å². The van der Waals surface area contributed by atoms with Crippen molar-refractivity contribution in [2.75, 3.05) is 13.1 Å². The van der Waals surface area contributed by atoms with Crippen molar-refractivity contribution < 1.29 is 9.21 Å². The Labute approximate surface area is 177 Å². The van der Waals surface area contributed by atoms with E-state index in [2.05, 4.69) is 15.2 Å². The zero-order valence-corrected chi connectivity index (χ0v) is 16.8. The third-order valence-corrected chi connectivity index (χ3v) is 6.28. The molecule has 1 atom stereocenters. The van der Waals surface area contributed by atoms with E-state index in [1.807, 2.05) is 47.4 Å². The van der Waals surface area contributed by atoms with Crippen LogP contribution in [-0.4, -0.2) is 43.6 Å². The Hall–Kier alpha value is -3.68. The summed E-state index contributed by atoms with van der Waals surface area (Å²) in [6.45, 7) is 1.35. The van der Waals surface area contributed by atoms with Crippen LogP contribution in [0.4, 0.5) is 0 Å². The van der Waals surface area contributed by atoms with E-state index >= 15 is 0 Å². The molecule has 31 heavy (non-hydrogen) atoms. The molecular formula is C23H21N5O3. The van der Waals surface area contributed by atoms with Crippen molar-refractivity contribution in [3.63, 3.8) is 0 Å². The molecule has 1 unspecified atom stereocenters. The highest BCUT2D eigenvalue weighted by molar-refractivity contribution is 5.81. The van der Waals surface area contributed by atoms with E-state index in [0.29, 0.717) is 12.4 Å². The van der Waals surface area contributed by atoms with Gasteiger partial charge in [0, 0.05) is 24.9 Å². The summed E-state index contributed by atoms with van der Waals surface area (Å²) in [7, 11) is 0. The van der Waals surface area contributed by atoms with Crippen LogP contribution in [0.1, 0.15) is 31.0 Å². The van der Waals surface area contributed by atoms with Crippen LogP contribution in [0.2, 0.25) is 0 Å². The lowest BCUT2D eigenvalue weighted by atomic mass is 10.0. The number of oxazole rings is 1. The fourth-order valence-corrected chi connectivity index (χ4v) is 4.43. The first-order chi connectivity index (χ1) is 15.2. The molecule has 2 aromatic carbocycles. The SMILES string of the molecule is O=C(C1CC1)N1CCC(c2n[nH]c(=O)n2-c2ccc(-c3ccc4ocnc4c3)cc2)C1. The van der Waals surface area contributed by atoms with Crippen LogP contribution in [0.3, 0.4) is 0 Å². The first kappa shape index (κ1) is 18.1. The quantitative estimate of drug-likeness (QED) is 0.552. The molecule has 6 rings (SSSR count). The minimum atomic E-state index is -0.265. The molecule has 8 heteroatoms. The van der Waals surface area contributed by atoms with Crippen LogP contribution in [0, 0.1) is 5.92 Å². The Morgan fingerprint density at radius 2 is 1.87 bits per heavy atom. The van der Waals surface area contributed by atoms with Gasteiger partial charge in [-0.25, -0.2) is 19.4 Å². The normalized spacial score (nSPS) is 18.7. The fraction of sp³-hybridized carbons (Fsp3) is 0.304. The third-order valence-electron chi connectivity index (χ3n) is 6.28. The van der Waals surface area contributed by atoms with E-state index < -0.39 is 0 Å². The van der Waals surface area contributed by atoms with E-state index in [1.165, 1.54) is 6.39 Å². The van der Waals surface area contributed by atoms with Crippen LogP contribution in [0.15, 0.2) is 58.1 Å². The zero-order chi connectivity index (χ0) is 20.9. The van der Waals surface area contributed by atoms with E-state index in [9.17, 15) is 9.59 Å². The van der Waals surface area contributed by atoms with Crippen molar-refractivity contribution in [2.24, 2.45) is 5.92 Å². The minimum Gasteiger partial charge on any atom is -0.443 e. The number of fused-ring (bicyclic) bond motifs is 1. The van der Waals surface area contributed by atoms with Crippen molar-refractivity contribution in [3.8, 4) is 16.8 Å². The second-order valence-corrected chi connectivity index (χ2v) is 8.35. The van der Waals surface area contributed by atoms with Gasteiger partial charge in [-0.15, -0.1) is 0 Å². The van der Waals surface area contributed by atoms with E-state index in [-0.39, 0.29) is 23.4 Å². The Balaban J connectivity index is 1.28. The summed E-state index contributed by atoms with van der Waals surface area (Å²) in [5.74, 6) is 1.20. The molecule has 2 aliphatic rings. The number of benzene rings is 2. The number of likely N-dealkylation sites (tertiary alicyclic amines) is 1. The number of carbonyl (C=O) groups excluding carboxylic acids is 1. The molecule has 8 nitrogen and oxygen atoms in total. The Kier molecular flexibility index (Phi) is 4.05. The standard InChI is InChI=1S/C23H21N5O3/c29-22(15-1-2-15)27-10-9-17(12-27)21-25-26-23(30)28(21)18-6-3-14(4-7-18)16-5-8-20-19(11-16)24-13-31-20/h3-8,11,13,15,17H,1-2,9-10,12H2,(H,26,30). The lowest BCUT2D eigenvalue weighted by Gasteiger charge is -2.16. The van der Waals surface area contributed by atoms with Gasteiger partial charge in [0.05, 0.1) is 5.69 Å². The van der Waals surface area contributed by atoms with Crippen molar-refractivity contribution >= 4 is 17.0 Å². The van der Waals surface area contributed by atoms with Crippen molar-refractivity contribution in [2.45, 2.75) is 25.2 Å². The first-order valence-electron chi connectivity index (χ1n) is 10.6. The second kappa shape index (κ2) is 6.94. The van der Waals surface area contributed by atoms with Gasteiger partial charge in [0.1, 0.15) is 11.3 Å². The average Bonchev–Trinajstić information content (AvgIpc) is 3.18. The van der Waals surface area contributed by atoms with Gasteiger partial charge in [0.2, 0.25) is 5.91 Å². The van der Waals surface area contributed by atoms with Crippen molar-refractivity contribution in [1.29, 1.82) is 0 Å². The number of hydrogen-bond acceptors (Lipinski definition) is 5. The van der Waals surface area contributed by atoms with Crippen molar-refractivity contribution in [1.82, 2.24) is 24.6 Å². The summed E-state index contributed by atoms with van der Waals surface area (Å²) in [5.41, 5.74) is 4.10. The van der Waals surface area contributed by atoms with Gasteiger partial charge in [-0.05, 0) is 54.7 Å². The molecule has 2 fully saturated rings. The molecule has 2 aromatic heterocycles. The number of rotatable bonds is 4.